The maximum atomic E-state index is 12.4. The van der Waals surface area contributed by atoms with Crippen LogP contribution < -0.4 is 9.47 Å². The zero-order valence-corrected chi connectivity index (χ0v) is 32.5. The Balaban J connectivity index is 1.45. The molecule has 0 aliphatic heterocycles. The summed E-state index contributed by atoms with van der Waals surface area (Å²) in [6.45, 7) is 4.15. The van der Waals surface area contributed by atoms with Crippen molar-refractivity contribution in [1.82, 2.24) is 0 Å². The molecule has 0 saturated carbocycles. The van der Waals surface area contributed by atoms with Gasteiger partial charge in [-0.05, 0) is 107 Å². The van der Waals surface area contributed by atoms with E-state index in [1.165, 1.54) is 36.4 Å². The van der Waals surface area contributed by atoms with Crippen LogP contribution in [0.25, 0.3) is 11.1 Å². The van der Waals surface area contributed by atoms with Crippen molar-refractivity contribution < 1.29 is 49.1 Å². The Hall–Kier alpha value is -7.20. The highest BCUT2D eigenvalue weighted by atomic mass is 16.5. The first kappa shape index (κ1) is 40.0. The van der Waals surface area contributed by atoms with Gasteiger partial charge in [0.05, 0.1) is 16.5 Å². The highest BCUT2D eigenvalue weighted by molar-refractivity contribution is 6.04. The molecule has 0 amide bonds. The average Bonchev–Trinajstić information content (AvgIpc) is 3.53. The smallest absolute Gasteiger partial charge is 0.340 e. The Bertz CT molecular complexity index is 2440. The van der Waals surface area contributed by atoms with E-state index in [1.54, 1.807) is 0 Å². The number of carbonyl (C=O) groups is 4. The first-order valence-corrected chi connectivity index (χ1v) is 19.5. The van der Waals surface area contributed by atoms with E-state index in [0.29, 0.717) is 24.3 Å². The third-order valence-corrected chi connectivity index (χ3v) is 10.9. The van der Waals surface area contributed by atoms with E-state index in [1.807, 2.05) is 48.5 Å². The number of benzene rings is 6. The van der Waals surface area contributed by atoms with E-state index in [4.69, 9.17) is 9.47 Å². The number of rotatable bonds is 16. The zero-order valence-electron chi connectivity index (χ0n) is 32.5. The first-order chi connectivity index (χ1) is 28.5. The van der Waals surface area contributed by atoms with Crippen LogP contribution in [0.2, 0.25) is 0 Å². The molecule has 4 N–H and O–H groups in total. The van der Waals surface area contributed by atoms with Gasteiger partial charge in [0.15, 0.2) is 0 Å². The number of carboxylic acid groups (broad SMARTS) is 4. The van der Waals surface area contributed by atoms with Crippen LogP contribution in [0.3, 0.4) is 0 Å². The number of hydrogen-bond acceptors (Lipinski definition) is 6. The fourth-order valence-electron chi connectivity index (χ4n) is 8.24. The molecule has 1 aliphatic carbocycles. The highest BCUT2D eigenvalue weighted by Crippen LogP contribution is 2.57. The normalized spacial score (nSPS) is 12.3. The molecule has 1 aliphatic rings. The molecule has 0 radical (unpaired) electrons. The van der Waals surface area contributed by atoms with E-state index in [-0.39, 0.29) is 22.6 Å². The number of carboxylic acids is 4. The van der Waals surface area contributed by atoms with Gasteiger partial charge in [-0.3, -0.25) is 0 Å². The number of fused-ring (bicyclic) bond motifs is 3. The van der Waals surface area contributed by atoms with Crippen molar-refractivity contribution in [2.45, 2.75) is 57.8 Å². The van der Waals surface area contributed by atoms with Crippen LogP contribution >= 0.6 is 0 Å². The minimum absolute atomic E-state index is 0.0785. The molecule has 7 rings (SSSR count). The molecule has 0 fully saturated rings. The van der Waals surface area contributed by atoms with Crippen LogP contribution in [0.5, 0.6) is 23.0 Å². The van der Waals surface area contributed by atoms with Gasteiger partial charge in [-0.25, -0.2) is 19.2 Å². The molecule has 6 aromatic carbocycles. The summed E-state index contributed by atoms with van der Waals surface area (Å²) in [4.78, 5) is 48.7. The highest BCUT2D eigenvalue weighted by Gasteiger charge is 2.46. The molecule has 0 unspecified atom stereocenters. The van der Waals surface area contributed by atoms with Gasteiger partial charge in [0.2, 0.25) is 0 Å². The van der Waals surface area contributed by atoms with Crippen LogP contribution in [0.1, 0.15) is 114 Å². The Morgan fingerprint density at radius 2 is 0.881 bits per heavy atom. The van der Waals surface area contributed by atoms with E-state index in [2.05, 4.69) is 50.2 Å². The third-order valence-electron chi connectivity index (χ3n) is 10.9. The average molecular weight is 791 g/mol. The summed E-state index contributed by atoms with van der Waals surface area (Å²) in [5, 5.41) is 39.7. The number of aryl methyl sites for hydroxylation is 2. The summed E-state index contributed by atoms with van der Waals surface area (Å²) in [5.74, 6) is -4.91. The van der Waals surface area contributed by atoms with Gasteiger partial charge in [-0.15, -0.1) is 0 Å². The summed E-state index contributed by atoms with van der Waals surface area (Å²) < 4.78 is 12.7. The summed E-state index contributed by atoms with van der Waals surface area (Å²) in [7, 11) is 0. The molecule has 0 saturated heterocycles. The number of unbranched alkanes of at least 4 members (excludes halogenated alkanes) is 2. The fraction of sp³-hybridized carbons (Fsp3) is 0.184. The number of ether oxygens (including phenoxy) is 2. The van der Waals surface area contributed by atoms with Crippen LogP contribution in [0, 0.1) is 0 Å². The second-order valence-electron chi connectivity index (χ2n) is 14.5. The molecule has 0 heterocycles. The SMILES string of the molecule is CCCCc1cc(C2(c3ccc(Oc4cccc(C(=O)O)c4C(=O)O)c(CCCC)c3)c3ccccc3-c3ccccc32)ccc1Oc1cccc(C(=O)O)c1C(=O)O. The van der Waals surface area contributed by atoms with Crippen LogP contribution in [0.15, 0.2) is 121 Å². The maximum absolute atomic E-state index is 12.4. The quantitative estimate of drug-likeness (QED) is 0.0739. The van der Waals surface area contributed by atoms with Crippen molar-refractivity contribution in [3.8, 4) is 34.1 Å². The van der Waals surface area contributed by atoms with Crippen LogP contribution in [-0.2, 0) is 18.3 Å². The Kier molecular flexibility index (Phi) is 11.3. The fourth-order valence-corrected chi connectivity index (χ4v) is 8.24. The molecule has 0 aromatic heterocycles. The molecule has 298 valence electrons. The van der Waals surface area contributed by atoms with E-state index in [9.17, 15) is 39.6 Å². The lowest BCUT2D eigenvalue weighted by molar-refractivity contribution is 0.0649. The van der Waals surface area contributed by atoms with Gasteiger partial charge in [0.1, 0.15) is 34.1 Å². The van der Waals surface area contributed by atoms with Crippen molar-refractivity contribution in [3.63, 3.8) is 0 Å². The van der Waals surface area contributed by atoms with Crippen molar-refractivity contribution in [2.24, 2.45) is 0 Å². The Morgan fingerprint density at radius 3 is 1.25 bits per heavy atom. The Labute approximate surface area is 341 Å². The molecular weight excluding hydrogens is 749 g/mol. The minimum atomic E-state index is -1.41. The van der Waals surface area contributed by atoms with Crippen LogP contribution in [-0.4, -0.2) is 44.3 Å². The standard InChI is InChI=1S/C49H42O10/c1-3-5-13-29-27-31(23-25-39(29)58-41-21-11-17-35(45(50)51)43(41)47(54)55)49(37-19-9-7-15-33(37)34-16-8-10-20-38(34)49)32-24-26-40(30(28-32)14-6-4-2)59-42-22-12-18-36(46(52)53)44(42)48(56)57/h7-12,15-28H,3-6,13-14H2,1-2H3,(H,50,51)(H,52,53)(H,54,55)(H,56,57). The lowest BCUT2D eigenvalue weighted by Gasteiger charge is -2.35. The predicted molar refractivity (Wildman–Crippen MR) is 222 cm³/mol. The molecular formula is C49H42O10. The van der Waals surface area contributed by atoms with Crippen LogP contribution in [0.4, 0.5) is 0 Å². The van der Waals surface area contributed by atoms with Crippen molar-refractivity contribution in [2.75, 3.05) is 0 Å². The molecule has 10 nitrogen and oxygen atoms in total. The summed E-state index contributed by atoms with van der Waals surface area (Å²) in [6.07, 6.45) is 4.53. The molecule has 6 aromatic rings. The monoisotopic (exact) mass is 790 g/mol. The lowest BCUT2D eigenvalue weighted by atomic mass is 9.67. The minimum Gasteiger partial charge on any atom is -0.478 e. The number of aromatic carboxylic acids is 4. The Morgan fingerprint density at radius 1 is 0.475 bits per heavy atom. The molecule has 10 heteroatoms. The molecule has 0 spiro atoms. The largest absolute Gasteiger partial charge is 0.478 e. The first-order valence-electron chi connectivity index (χ1n) is 19.5. The maximum Gasteiger partial charge on any atom is 0.340 e. The predicted octanol–water partition coefficient (Wildman–Crippen LogP) is 11.1. The lowest BCUT2D eigenvalue weighted by Crippen LogP contribution is -2.29. The van der Waals surface area contributed by atoms with E-state index < -0.39 is 40.4 Å². The van der Waals surface area contributed by atoms with Crippen molar-refractivity contribution >= 4 is 23.9 Å². The number of hydrogen-bond donors (Lipinski definition) is 4. The summed E-state index contributed by atoms with van der Waals surface area (Å²) in [5.41, 5.74) is 5.15. The van der Waals surface area contributed by atoms with E-state index >= 15 is 0 Å². The van der Waals surface area contributed by atoms with Crippen molar-refractivity contribution in [1.29, 1.82) is 0 Å². The summed E-state index contributed by atoms with van der Waals surface area (Å²) in [6, 6.07) is 36.6. The zero-order chi connectivity index (χ0) is 41.8. The van der Waals surface area contributed by atoms with Gasteiger partial charge in [-0.1, -0.05) is 112 Å². The van der Waals surface area contributed by atoms with Crippen molar-refractivity contribution in [3.05, 3.63) is 177 Å². The molecule has 59 heavy (non-hydrogen) atoms. The second kappa shape index (κ2) is 16.7. The second-order valence-corrected chi connectivity index (χ2v) is 14.5. The van der Waals surface area contributed by atoms with Gasteiger partial charge in [0, 0.05) is 0 Å². The summed E-state index contributed by atoms with van der Waals surface area (Å²) >= 11 is 0. The molecule has 0 bridgehead atoms. The van der Waals surface area contributed by atoms with Gasteiger partial charge >= 0.3 is 23.9 Å². The van der Waals surface area contributed by atoms with Gasteiger partial charge in [0.25, 0.3) is 0 Å². The van der Waals surface area contributed by atoms with E-state index in [0.717, 1.165) is 70.2 Å². The topological polar surface area (TPSA) is 168 Å². The van der Waals surface area contributed by atoms with Gasteiger partial charge < -0.3 is 29.9 Å². The molecule has 0 atom stereocenters. The third kappa shape index (κ3) is 7.29. The van der Waals surface area contributed by atoms with Gasteiger partial charge in [-0.2, -0.15) is 0 Å².